The van der Waals surface area contributed by atoms with Gasteiger partial charge in [0.2, 0.25) is 0 Å². The molecule has 6 heteroatoms. The number of aromatic nitrogens is 1. The second-order valence-corrected chi connectivity index (χ2v) is 5.24. The van der Waals surface area contributed by atoms with Crippen LogP contribution >= 0.6 is 0 Å². The van der Waals surface area contributed by atoms with E-state index >= 15 is 0 Å². The minimum atomic E-state index is -0.269. The van der Waals surface area contributed by atoms with Gasteiger partial charge in [0.05, 0.1) is 24.2 Å². The van der Waals surface area contributed by atoms with Crippen molar-refractivity contribution in [2.24, 2.45) is 0 Å². The molecule has 0 aliphatic carbocycles. The van der Waals surface area contributed by atoms with Gasteiger partial charge in [0.25, 0.3) is 0 Å². The molecule has 23 heavy (non-hydrogen) atoms. The highest BCUT2D eigenvalue weighted by Crippen LogP contribution is 2.27. The number of para-hydroxylation sites is 2. The SMILES string of the molecule is CCOc1ccccc1Nc1ccc(NC(=O)NC(C)C)nc1. The second-order valence-electron chi connectivity index (χ2n) is 5.24. The summed E-state index contributed by atoms with van der Waals surface area (Å²) in [4.78, 5) is 15.8. The zero-order chi connectivity index (χ0) is 16.7. The lowest BCUT2D eigenvalue weighted by molar-refractivity contribution is 0.250. The predicted molar refractivity (Wildman–Crippen MR) is 92.4 cm³/mol. The van der Waals surface area contributed by atoms with Crippen LogP contribution in [-0.4, -0.2) is 23.7 Å². The topological polar surface area (TPSA) is 75.3 Å². The third kappa shape index (κ3) is 5.18. The Morgan fingerprint density at radius 1 is 1.22 bits per heavy atom. The fourth-order valence-corrected chi connectivity index (χ4v) is 1.96. The van der Waals surface area contributed by atoms with Crippen LogP contribution in [0.5, 0.6) is 5.75 Å². The molecule has 0 aliphatic rings. The molecule has 0 saturated heterocycles. The van der Waals surface area contributed by atoms with Crippen LogP contribution in [0.25, 0.3) is 0 Å². The Kier molecular flexibility index (Phi) is 5.80. The van der Waals surface area contributed by atoms with Crippen LogP contribution < -0.4 is 20.7 Å². The number of carbonyl (C=O) groups excluding carboxylic acids is 1. The monoisotopic (exact) mass is 314 g/mol. The standard InChI is InChI=1S/C17H22N4O2/c1-4-23-15-8-6-5-7-14(15)20-13-9-10-16(18-11-13)21-17(22)19-12(2)3/h5-12,20H,4H2,1-3H3,(H2,18,19,21,22). The highest BCUT2D eigenvalue weighted by atomic mass is 16.5. The third-order valence-electron chi connectivity index (χ3n) is 2.89. The summed E-state index contributed by atoms with van der Waals surface area (Å²) in [5.74, 6) is 1.28. The maximum absolute atomic E-state index is 11.6. The molecular weight excluding hydrogens is 292 g/mol. The molecule has 1 aromatic heterocycles. The number of nitrogens with one attached hydrogen (secondary N) is 3. The fourth-order valence-electron chi connectivity index (χ4n) is 1.96. The average molecular weight is 314 g/mol. The quantitative estimate of drug-likeness (QED) is 0.759. The maximum atomic E-state index is 11.6. The molecule has 0 atom stereocenters. The van der Waals surface area contributed by atoms with E-state index < -0.39 is 0 Å². The van der Waals surface area contributed by atoms with Gasteiger partial charge in [-0.3, -0.25) is 5.32 Å². The normalized spacial score (nSPS) is 10.3. The number of benzene rings is 1. The van der Waals surface area contributed by atoms with Gasteiger partial charge < -0.3 is 15.4 Å². The molecule has 0 saturated carbocycles. The molecule has 2 rings (SSSR count). The van der Waals surface area contributed by atoms with Gasteiger partial charge in [-0.15, -0.1) is 0 Å². The lowest BCUT2D eigenvalue weighted by Gasteiger charge is -2.13. The zero-order valence-electron chi connectivity index (χ0n) is 13.6. The highest BCUT2D eigenvalue weighted by Gasteiger charge is 2.06. The van der Waals surface area contributed by atoms with E-state index in [-0.39, 0.29) is 12.1 Å². The van der Waals surface area contributed by atoms with E-state index in [1.165, 1.54) is 0 Å². The molecule has 0 aliphatic heterocycles. The molecule has 0 radical (unpaired) electrons. The van der Waals surface area contributed by atoms with Crippen LogP contribution in [0, 0.1) is 0 Å². The number of hydrogen-bond acceptors (Lipinski definition) is 4. The van der Waals surface area contributed by atoms with Crippen molar-refractivity contribution in [3.05, 3.63) is 42.6 Å². The van der Waals surface area contributed by atoms with Gasteiger partial charge in [-0.2, -0.15) is 0 Å². The minimum Gasteiger partial charge on any atom is -0.492 e. The van der Waals surface area contributed by atoms with Crippen molar-refractivity contribution >= 4 is 23.2 Å². The van der Waals surface area contributed by atoms with E-state index in [1.54, 1.807) is 12.3 Å². The third-order valence-corrected chi connectivity index (χ3v) is 2.89. The molecule has 0 unspecified atom stereocenters. The number of pyridine rings is 1. The smallest absolute Gasteiger partial charge is 0.320 e. The number of urea groups is 1. The maximum Gasteiger partial charge on any atom is 0.320 e. The van der Waals surface area contributed by atoms with Crippen molar-refractivity contribution in [3.8, 4) is 5.75 Å². The molecule has 1 aromatic carbocycles. The summed E-state index contributed by atoms with van der Waals surface area (Å²) in [6.07, 6.45) is 1.66. The van der Waals surface area contributed by atoms with E-state index in [9.17, 15) is 4.79 Å². The molecule has 2 aromatic rings. The van der Waals surface area contributed by atoms with Crippen molar-refractivity contribution in [2.75, 3.05) is 17.2 Å². The fraction of sp³-hybridized carbons (Fsp3) is 0.294. The number of nitrogens with zero attached hydrogens (tertiary/aromatic N) is 1. The lowest BCUT2D eigenvalue weighted by Crippen LogP contribution is -2.34. The van der Waals surface area contributed by atoms with Crippen molar-refractivity contribution < 1.29 is 9.53 Å². The largest absolute Gasteiger partial charge is 0.492 e. The Labute approximate surface area is 136 Å². The van der Waals surface area contributed by atoms with Gasteiger partial charge in [0.1, 0.15) is 11.6 Å². The number of rotatable bonds is 6. The Balaban J connectivity index is 2.01. The zero-order valence-corrected chi connectivity index (χ0v) is 13.6. The van der Waals surface area contributed by atoms with E-state index in [0.717, 1.165) is 17.1 Å². The van der Waals surface area contributed by atoms with Gasteiger partial charge in [-0.25, -0.2) is 9.78 Å². The molecule has 122 valence electrons. The first kappa shape index (κ1) is 16.6. The first-order valence-electron chi connectivity index (χ1n) is 7.61. The van der Waals surface area contributed by atoms with Crippen molar-refractivity contribution in [1.29, 1.82) is 0 Å². The average Bonchev–Trinajstić information content (AvgIpc) is 2.50. The first-order chi connectivity index (χ1) is 11.1. The number of carbonyl (C=O) groups is 1. The Bertz CT molecular complexity index is 641. The van der Waals surface area contributed by atoms with Crippen LogP contribution in [-0.2, 0) is 0 Å². The summed E-state index contributed by atoms with van der Waals surface area (Å²) in [6, 6.07) is 11.1. The van der Waals surface area contributed by atoms with Crippen LogP contribution in [0.4, 0.5) is 22.0 Å². The summed E-state index contributed by atoms with van der Waals surface area (Å²) >= 11 is 0. The Hall–Kier alpha value is -2.76. The number of ether oxygens (including phenoxy) is 1. The van der Waals surface area contributed by atoms with E-state index in [4.69, 9.17) is 4.74 Å². The Morgan fingerprint density at radius 3 is 2.65 bits per heavy atom. The lowest BCUT2D eigenvalue weighted by atomic mass is 10.2. The molecule has 0 spiro atoms. The summed E-state index contributed by atoms with van der Waals surface area (Å²) in [5.41, 5.74) is 1.68. The predicted octanol–water partition coefficient (Wildman–Crippen LogP) is 3.75. The molecule has 0 bridgehead atoms. The number of amides is 2. The minimum absolute atomic E-state index is 0.0750. The van der Waals surface area contributed by atoms with Gasteiger partial charge in [0.15, 0.2) is 0 Å². The summed E-state index contributed by atoms with van der Waals surface area (Å²) < 4.78 is 5.57. The molecule has 0 fully saturated rings. The Morgan fingerprint density at radius 2 is 2.00 bits per heavy atom. The van der Waals surface area contributed by atoms with Crippen LogP contribution in [0.2, 0.25) is 0 Å². The second kappa shape index (κ2) is 8.03. The summed E-state index contributed by atoms with van der Waals surface area (Å²) in [6.45, 7) is 6.34. The molecule has 1 heterocycles. The summed E-state index contributed by atoms with van der Waals surface area (Å²) in [7, 11) is 0. The highest BCUT2D eigenvalue weighted by molar-refractivity contribution is 5.88. The van der Waals surface area contributed by atoms with Crippen LogP contribution in [0.1, 0.15) is 20.8 Å². The molecular formula is C17H22N4O2. The van der Waals surface area contributed by atoms with E-state index in [2.05, 4.69) is 20.9 Å². The molecule has 6 nitrogen and oxygen atoms in total. The van der Waals surface area contributed by atoms with Crippen molar-refractivity contribution in [3.63, 3.8) is 0 Å². The van der Waals surface area contributed by atoms with Gasteiger partial charge in [-0.05, 0) is 45.0 Å². The van der Waals surface area contributed by atoms with Gasteiger partial charge in [0, 0.05) is 6.04 Å². The summed E-state index contributed by atoms with van der Waals surface area (Å²) in [5, 5.41) is 8.68. The number of hydrogen-bond donors (Lipinski definition) is 3. The van der Waals surface area contributed by atoms with Crippen LogP contribution in [0.15, 0.2) is 42.6 Å². The molecule has 2 amide bonds. The van der Waals surface area contributed by atoms with E-state index in [1.807, 2.05) is 51.1 Å². The van der Waals surface area contributed by atoms with Crippen LogP contribution in [0.3, 0.4) is 0 Å². The van der Waals surface area contributed by atoms with Gasteiger partial charge in [-0.1, -0.05) is 12.1 Å². The van der Waals surface area contributed by atoms with Gasteiger partial charge >= 0.3 is 6.03 Å². The molecule has 3 N–H and O–H groups in total. The number of anilines is 3. The first-order valence-corrected chi connectivity index (χ1v) is 7.61. The van der Waals surface area contributed by atoms with E-state index in [0.29, 0.717) is 12.4 Å². The van der Waals surface area contributed by atoms with Crippen molar-refractivity contribution in [2.45, 2.75) is 26.8 Å². The van der Waals surface area contributed by atoms with Crippen molar-refractivity contribution in [1.82, 2.24) is 10.3 Å².